The van der Waals surface area contributed by atoms with E-state index in [9.17, 15) is 0 Å². The van der Waals surface area contributed by atoms with Crippen LogP contribution in [0.4, 0.5) is 11.4 Å². The molecule has 0 bridgehead atoms. The van der Waals surface area contributed by atoms with Gasteiger partial charge in [-0.25, -0.2) is 4.57 Å². The molecule has 0 atom stereocenters. The van der Waals surface area contributed by atoms with Crippen LogP contribution in [0.5, 0.6) is 11.5 Å². The van der Waals surface area contributed by atoms with Gasteiger partial charge in [-0.1, -0.05) is 77.6 Å². The fourth-order valence-corrected chi connectivity index (χ4v) is 5.22. The first-order chi connectivity index (χ1) is 21.6. The topological polar surface area (TPSA) is 37.9 Å². The molecule has 3 rings (SSSR count). The van der Waals surface area contributed by atoms with Gasteiger partial charge in [0.15, 0.2) is 12.4 Å². The molecule has 0 fully saturated rings. The fraction of sp³-hybridized carbons (Fsp3) is 0.538. The van der Waals surface area contributed by atoms with Crippen LogP contribution in [0.25, 0.3) is 0 Å². The Hall–Kier alpha value is -3.34. The molecule has 3 aromatic rings. The number of rotatable bonds is 24. The van der Waals surface area contributed by atoms with E-state index < -0.39 is 0 Å². The summed E-state index contributed by atoms with van der Waals surface area (Å²) in [5.74, 6) is 1.85. The van der Waals surface area contributed by atoms with Crippen molar-refractivity contribution in [2.75, 3.05) is 32.2 Å². The fourth-order valence-electron chi connectivity index (χ4n) is 5.22. The molecule has 5 nitrogen and oxygen atoms in total. The molecule has 0 unspecified atom stereocenters. The predicted octanol–water partition coefficient (Wildman–Crippen LogP) is 10.1. The molecule has 0 saturated carbocycles. The highest BCUT2D eigenvalue weighted by molar-refractivity contribution is 5.82. The van der Waals surface area contributed by atoms with Crippen molar-refractivity contribution in [1.29, 1.82) is 0 Å². The van der Waals surface area contributed by atoms with Gasteiger partial charge in [-0.2, -0.15) is 0 Å². The monoisotopic (exact) mass is 600 g/mol. The van der Waals surface area contributed by atoms with E-state index in [0.717, 1.165) is 55.4 Å². The Balaban J connectivity index is 1.18. The highest BCUT2D eigenvalue weighted by Crippen LogP contribution is 2.19. The second-order valence-electron chi connectivity index (χ2n) is 12.2. The summed E-state index contributed by atoms with van der Waals surface area (Å²) in [6, 6.07) is 20.6. The molecule has 0 aliphatic rings. The molecule has 5 heteroatoms. The van der Waals surface area contributed by atoms with Gasteiger partial charge in [0.2, 0.25) is 0 Å². The molecule has 0 saturated heterocycles. The van der Waals surface area contributed by atoms with Gasteiger partial charge in [0.05, 0.1) is 18.9 Å². The molecular weight excluding hydrogens is 542 g/mol. The quantitative estimate of drug-likeness (QED) is 0.0583. The van der Waals surface area contributed by atoms with E-state index in [1.807, 2.05) is 42.6 Å². The first kappa shape index (κ1) is 35.1. The number of aryl methyl sites for hydroxylation is 1. The normalized spacial score (nSPS) is 11.2. The summed E-state index contributed by atoms with van der Waals surface area (Å²) >= 11 is 0. The van der Waals surface area contributed by atoms with Crippen molar-refractivity contribution in [2.45, 2.75) is 110 Å². The number of benzene rings is 2. The van der Waals surface area contributed by atoms with Crippen LogP contribution in [0.2, 0.25) is 0 Å². The predicted molar refractivity (Wildman–Crippen MR) is 187 cm³/mol. The minimum atomic E-state index is 0.773. The van der Waals surface area contributed by atoms with Gasteiger partial charge >= 0.3 is 0 Å². The van der Waals surface area contributed by atoms with Crippen LogP contribution in [0, 0.1) is 0 Å². The van der Waals surface area contributed by atoms with E-state index in [1.165, 1.54) is 89.2 Å². The summed E-state index contributed by atoms with van der Waals surface area (Å²) in [5, 5.41) is 0. The smallest absolute Gasteiger partial charge is 0.170 e. The van der Waals surface area contributed by atoms with E-state index >= 15 is 0 Å². The molecule has 1 aromatic heterocycles. The molecule has 0 amide bonds. The van der Waals surface area contributed by atoms with E-state index in [1.54, 1.807) is 0 Å². The van der Waals surface area contributed by atoms with Gasteiger partial charge in [-0.05, 0) is 73.4 Å². The molecule has 0 aliphatic carbocycles. The first-order valence-electron chi connectivity index (χ1n) is 17.3. The molecule has 44 heavy (non-hydrogen) atoms. The Bertz CT molecular complexity index is 1140. The first-order valence-corrected chi connectivity index (χ1v) is 17.3. The van der Waals surface area contributed by atoms with Crippen molar-refractivity contribution in [3.8, 4) is 11.5 Å². The van der Waals surface area contributed by atoms with Crippen LogP contribution < -0.4 is 18.9 Å². The van der Waals surface area contributed by atoms with Crippen LogP contribution >= 0.6 is 0 Å². The van der Waals surface area contributed by atoms with E-state index in [-0.39, 0.29) is 0 Å². The Labute approximate surface area is 268 Å². The lowest BCUT2D eigenvalue weighted by Crippen LogP contribution is -2.32. The lowest BCUT2D eigenvalue weighted by molar-refractivity contribution is -0.697. The van der Waals surface area contributed by atoms with Gasteiger partial charge in [0, 0.05) is 44.6 Å². The number of nitrogens with zero attached hydrogens (tertiary/aromatic N) is 3. The molecule has 240 valence electrons. The van der Waals surface area contributed by atoms with Crippen LogP contribution in [-0.4, -0.2) is 33.5 Å². The molecule has 0 spiro atoms. The third kappa shape index (κ3) is 15.4. The van der Waals surface area contributed by atoms with Crippen molar-refractivity contribution >= 4 is 17.6 Å². The SMILES string of the molecule is CCCCCCCCCCOc1ccc(/C=N/c2ccc(OCCCCCCCCC[n+]3ccc(N(C)C)cc3)cc2)cc1. The molecular formula is C39H58N3O2+. The highest BCUT2D eigenvalue weighted by Gasteiger charge is 2.02. The number of unbranched alkanes of at least 4 members (excludes halogenated alkanes) is 13. The number of anilines is 1. The molecule has 0 aliphatic heterocycles. The van der Waals surface area contributed by atoms with Crippen molar-refractivity contribution in [2.24, 2.45) is 4.99 Å². The van der Waals surface area contributed by atoms with E-state index in [2.05, 4.69) is 72.1 Å². The minimum absolute atomic E-state index is 0.773. The average molecular weight is 601 g/mol. The van der Waals surface area contributed by atoms with E-state index in [0.29, 0.717) is 0 Å². The number of aliphatic imine (C=N–C) groups is 1. The summed E-state index contributed by atoms with van der Waals surface area (Å²) < 4.78 is 14.2. The zero-order valence-electron chi connectivity index (χ0n) is 27.9. The van der Waals surface area contributed by atoms with Crippen molar-refractivity contribution in [3.05, 3.63) is 78.6 Å². The maximum absolute atomic E-state index is 5.96. The summed E-state index contributed by atoms with van der Waals surface area (Å²) in [6.07, 6.45) is 25.6. The number of pyridine rings is 1. The summed E-state index contributed by atoms with van der Waals surface area (Å²) in [4.78, 5) is 6.76. The molecule has 0 radical (unpaired) electrons. The minimum Gasteiger partial charge on any atom is -0.494 e. The van der Waals surface area contributed by atoms with Crippen LogP contribution in [-0.2, 0) is 6.54 Å². The Morgan fingerprint density at radius 1 is 0.591 bits per heavy atom. The van der Waals surface area contributed by atoms with Gasteiger partial charge in [-0.15, -0.1) is 0 Å². The van der Waals surface area contributed by atoms with Gasteiger partial charge in [0.25, 0.3) is 0 Å². The Morgan fingerprint density at radius 3 is 1.59 bits per heavy atom. The third-order valence-corrected chi connectivity index (χ3v) is 8.07. The van der Waals surface area contributed by atoms with Crippen molar-refractivity contribution in [3.63, 3.8) is 0 Å². The molecule has 2 aromatic carbocycles. The van der Waals surface area contributed by atoms with Crippen LogP contribution in [0.15, 0.2) is 78.0 Å². The number of aromatic nitrogens is 1. The van der Waals surface area contributed by atoms with E-state index in [4.69, 9.17) is 9.47 Å². The van der Waals surface area contributed by atoms with Gasteiger partial charge < -0.3 is 14.4 Å². The molecule has 1 heterocycles. The highest BCUT2D eigenvalue weighted by atomic mass is 16.5. The maximum Gasteiger partial charge on any atom is 0.170 e. The Morgan fingerprint density at radius 2 is 1.07 bits per heavy atom. The third-order valence-electron chi connectivity index (χ3n) is 8.07. The summed E-state index contributed by atoms with van der Waals surface area (Å²) in [5.41, 5.74) is 3.24. The van der Waals surface area contributed by atoms with Crippen LogP contribution in [0.1, 0.15) is 109 Å². The standard InChI is InChI=1S/C39H58N3O2/c1-4-5-6-7-8-11-14-17-32-43-38-23-19-35(20-24-38)34-40-36-21-25-39(26-22-36)44-33-18-15-12-9-10-13-16-29-42-30-27-37(28-31-42)41(2)3/h19-28,30-31,34H,4-18,29,32-33H2,1-3H3/q+1/b40-34+. The second kappa shape index (κ2) is 22.2. The zero-order valence-corrected chi connectivity index (χ0v) is 27.9. The number of hydrogen-bond donors (Lipinski definition) is 0. The largest absolute Gasteiger partial charge is 0.494 e. The summed E-state index contributed by atoms with van der Waals surface area (Å²) in [7, 11) is 4.16. The second-order valence-corrected chi connectivity index (χ2v) is 12.2. The lowest BCUT2D eigenvalue weighted by Gasteiger charge is -2.10. The van der Waals surface area contributed by atoms with Gasteiger partial charge in [-0.3, -0.25) is 4.99 Å². The lowest BCUT2D eigenvalue weighted by atomic mass is 10.1. The average Bonchev–Trinajstić information content (AvgIpc) is 3.05. The molecule has 0 N–H and O–H groups in total. The van der Waals surface area contributed by atoms with Gasteiger partial charge in [0.1, 0.15) is 18.0 Å². The number of hydrogen-bond acceptors (Lipinski definition) is 4. The zero-order chi connectivity index (χ0) is 31.1. The summed E-state index contributed by atoms with van der Waals surface area (Å²) in [6.45, 7) is 4.94. The van der Waals surface area contributed by atoms with Crippen LogP contribution in [0.3, 0.4) is 0 Å². The maximum atomic E-state index is 5.96. The Kier molecular flexibility index (Phi) is 17.7. The van der Waals surface area contributed by atoms with Crippen molar-refractivity contribution in [1.82, 2.24) is 0 Å². The number of ether oxygens (including phenoxy) is 2. The van der Waals surface area contributed by atoms with Crippen molar-refractivity contribution < 1.29 is 14.0 Å².